The molecule has 0 bridgehead atoms. The van der Waals surface area contributed by atoms with Crippen molar-refractivity contribution < 1.29 is 0 Å². The minimum atomic E-state index is 0.420. The van der Waals surface area contributed by atoms with Gasteiger partial charge in [-0.05, 0) is 26.7 Å². The zero-order chi connectivity index (χ0) is 12.3. The Kier molecular flexibility index (Phi) is 4.83. The maximum absolute atomic E-state index is 6.35. The first kappa shape index (κ1) is 13.3. The zero-order valence-electron chi connectivity index (χ0n) is 11.6. The molecule has 0 radical (unpaired) electrons. The fourth-order valence-corrected chi connectivity index (χ4v) is 3.36. The van der Waals surface area contributed by atoms with Crippen LogP contribution in [0.15, 0.2) is 0 Å². The molecule has 1 saturated carbocycles. The Hall–Kier alpha value is -0.120. The second-order valence-electron chi connectivity index (χ2n) is 6.03. The van der Waals surface area contributed by atoms with Crippen LogP contribution in [0, 0.1) is 0 Å². The third-order valence-electron chi connectivity index (χ3n) is 4.58. The van der Waals surface area contributed by atoms with Gasteiger partial charge in [-0.25, -0.2) is 0 Å². The molecule has 2 fully saturated rings. The number of piperazine rings is 1. The Morgan fingerprint density at radius 3 is 2.24 bits per heavy atom. The van der Waals surface area contributed by atoms with Crippen LogP contribution in [-0.2, 0) is 0 Å². The van der Waals surface area contributed by atoms with Crippen LogP contribution >= 0.6 is 0 Å². The highest BCUT2D eigenvalue weighted by Gasteiger charge is 2.29. The van der Waals surface area contributed by atoms with E-state index in [9.17, 15) is 0 Å². The van der Waals surface area contributed by atoms with E-state index in [1.54, 1.807) is 0 Å². The summed E-state index contributed by atoms with van der Waals surface area (Å²) in [6.07, 6.45) is 6.65. The molecule has 0 spiro atoms. The van der Waals surface area contributed by atoms with Gasteiger partial charge in [-0.15, -0.1) is 0 Å². The molecular formula is C14H29N3. The number of rotatable bonds is 2. The Labute approximate surface area is 106 Å². The van der Waals surface area contributed by atoms with Crippen LogP contribution < -0.4 is 5.73 Å². The van der Waals surface area contributed by atoms with Crippen molar-refractivity contribution in [3.05, 3.63) is 0 Å². The summed E-state index contributed by atoms with van der Waals surface area (Å²) >= 11 is 0. The second kappa shape index (κ2) is 6.17. The van der Waals surface area contributed by atoms with Gasteiger partial charge in [0.1, 0.15) is 0 Å². The van der Waals surface area contributed by atoms with Crippen molar-refractivity contribution in [3.8, 4) is 0 Å². The molecule has 1 heterocycles. The molecular weight excluding hydrogens is 210 g/mol. The van der Waals surface area contributed by atoms with Crippen molar-refractivity contribution in [2.45, 2.75) is 64.1 Å². The van der Waals surface area contributed by atoms with Gasteiger partial charge in [0.2, 0.25) is 0 Å². The van der Waals surface area contributed by atoms with Gasteiger partial charge < -0.3 is 5.73 Å². The van der Waals surface area contributed by atoms with Crippen LogP contribution in [0.2, 0.25) is 0 Å². The summed E-state index contributed by atoms with van der Waals surface area (Å²) in [7, 11) is 0. The molecule has 17 heavy (non-hydrogen) atoms. The van der Waals surface area contributed by atoms with E-state index in [4.69, 9.17) is 5.73 Å². The first-order valence-electron chi connectivity index (χ1n) is 7.42. The average molecular weight is 239 g/mol. The lowest BCUT2D eigenvalue weighted by molar-refractivity contribution is 0.0662. The molecule has 100 valence electrons. The molecule has 2 unspecified atom stereocenters. The summed E-state index contributed by atoms with van der Waals surface area (Å²) in [5.74, 6) is 0. The van der Waals surface area contributed by atoms with Gasteiger partial charge in [-0.2, -0.15) is 0 Å². The number of hydrogen-bond donors (Lipinski definition) is 1. The zero-order valence-corrected chi connectivity index (χ0v) is 11.6. The SMILES string of the molecule is CC(C)N1CCN(C2CCCCCC2N)CC1. The quantitative estimate of drug-likeness (QED) is 0.744. The summed E-state index contributed by atoms with van der Waals surface area (Å²) in [4.78, 5) is 5.24. The van der Waals surface area contributed by atoms with Crippen LogP contribution in [0.3, 0.4) is 0 Å². The average Bonchev–Trinajstić information content (AvgIpc) is 2.54. The fourth-order valence-electron chi connectivity index (χ4n) is 3.36. The van der Waals surface area contributed by atoms with Crippen molar-refractivity contribution in [1.82, 2.24) is 9.80 Å². The normalized spacial score (nSPS) is 33.9. The Balaban J connectivity index is 1.86. The van der Waals surface area contributed by atoms with Crippen molar-refractivity contribution in [1.29, 1.82) is 0 Å². The van der Waals surface area contributed by atoms with Crippen molar-refractivity contribution in [2.75, 3.05) is 26.2 Å². The number of nitrogens with zero attached hydrogens (tertiary/aromatic N) is 2. The standard InChI is InChI=1S/C14H29N3/c1-12(2)16-8-10-17(11-9-16)14-7-5-3-4-6-13(14)15/h12-14H,3-11,15H2,1-2H3. The maximum atomic E-state index is 6.35. The van der Waals surface area contributed by atoms with E-state index < -0.39 is 0 Å². The topological polar surface area (TPSA) is 32.5 Å². The molecule has 0 aromatic carbocycles. The molecule has 2 N–H and O–H groups in total. The predicted octanol–water partition coefficient (Wildman–Crippen LogP) is 1.67. The highest BCUT2D eigenvalue weighted by Crippen LogP contribution is 2.22. The first-order valence-corrected chi connectivity index (χ1v) is 7.42. The van der Waals surface area contributed by atoms with Crippen LogP contribution in [0.5, 0.6) is 0 Å². The third kappa shape index (κ3) is 3.43. The largest absolute Gasteiger partial charge is 0.326 e. The van der Waals surface area contributed by atoms with E-state index in [1.165, 1.54) is 58.3 Å². The smallest absolute Gasteiger partial charge is 0.0248 e. The van der Waals surface area contributed by atoms with E-state index in [0.717, 1.165) is 0 Å². The summed E-state index contributed by atoms with van der Waals surface area (Å²) in [6.45, 7) is 9.48. The molecule has 0 aromatic heterocycles. The lowest BCUT2D eigenvalue weighted by atomic mass is 10.0. The fraction of sp³-hybridized carbons (Fsp3) is 1.00. The van der Waals surface area contributed by atoms with E-state index in [-0.39, 0.29) is 0 Å². The van der Waals surface area contributed by atoms with Crippen molar-refractivity contribution in [2.24, 2.45) is 5.73 Å². The summed E-state index contributed by atoms with van der Waals surface area (Å²) < 4.78 is 0. The van der Waals surface area contributed by atoms with E-state index in [0.29, 0.717) is 18.1 Å². The minimum absolute atomic E-state index is 0.420. The van der Waals surface area contributed by atoms with Crippen LogP contribution in [-0.4, -0.2) is 54.1 Å². The van der Waals surface area contributed by atoms with Gasteiger partial charge in [0.25, 0.3) is 0 Å². The number of hydrogen-bond acceptors (Lipinski definition) is 3. The van der Waals surface area contributed by atoms with E-state index in [2.05, 4.69) is 23.6 Å². The molecule has 2 rings (SSSR count). The van der Waals surface area contributed by atoms with Gasteiger partial charge in [-0.3, -0.25) is 9.80 Å². The Morgan fingerprint density at radius 1 is 0.941 bits per heavy atom. The second-order valence-corrected chi connectivity index (χ2v) is 6.03. The predicted molar refractivity (Wildman–Crippen MR) is 73.1 cm³/mol. The van der Waals surface area contributed by atoms with E-state index in [1.807, 2.05) is 0 Å². The molecule has 1 saturated heterocycles. The molecule has 1 aliphatic carbocycles. The Bertz CT molecular complexity index is 222. The molecule has 1 aliphatic heterocycles. The summed E-state index contributed by atoms with van der Waals surface area (Å²) in [6, 6.07) is 1.77. The van der Waals surface area contributed by atoms with Gasteiger partial charge in [0, 0.05) is 44.3 Å². The van der Waals surface area contributed by atoms with Crippen molar-refractivity contribution in [3.63, 3.8) is 0 Å². The van der Waals surface area contributed by atoms with Crippen LogP contribution in [0.4, 0.5) is 0 Å². The monoisotopic (exact) mass is 239 g/mol. The molecule has 0 aromatic rings. The maximum Gasteiger partial charge on any atom is 0.0248 e. The highest BCUT2D eigenvalue weighted by atomic mass is 15.3. The molecule has 2 atom stereocenters. The van der Waals surface area contributed by atoms with Gasteiger partial charge in [0.15, 0.2) is 0 Å². The van der Waals surface area contributed by atoms with E-state index >= 15 is 0 Å². The number of nitrogens with two attached hydrogens (primary N) is 1. The summed E-state index contributed by atoms with van der Waals surface area (Å²) in [5.41, 5.74) is 6.35. The first-order chi connectivity index (χ1) is 8.18. The highest BCUT2D eigenvalue weighted by molar-refractivity contribution is 4.87. The molecule has 0 amide bonds. The third-order valence-corrected chi connectivity index (χ3v) is 4.58. The minimum Gasteiger partial charge on any atom is -0.326 e. The van der Waals surface area contributed by atoms with Gasteiger partial charge >= 0.3 is 0 Å². The van der Waals surface area contributed by atoms with Crippen LogP contribution in [0.1, 0.15) is 46.0 Å². The van der Waals surface area contributed by atoms with Crippen molar-refractivity contribution >= 4 is 0 Å². The summed E-state index contributed by atoms with van der Waals surface area (Å²) in [5, 5.41) is 0. The molecule has 2 aliphatic rings. The Morgan fingerprint density at radius 2 is 1.59 bits per heavy atom. The van der Waals surface area contributed by atoms with Gasteiger partial charge in [0.05, 0.1) is 0 Å². The molecule has 3 nitrogen and oxygen atoms in total. The van der Waals surface area contributed by atoms with Crippen LogP contribution in [0.25, 0.3) is 0 Å². The lowest BCUT2D eigenvalue weighted by Gasteiger charge is -2.42. The molecule has 3 heteroatoms. The van der Waals surface area contributed by atoms with Gasteiger partial charge in [-0.1, -0.05) is 19.3 Å². The lowest BCUT2D eigenvalue weighted by Crippen LogP contribution is -2.56.